The van der Waals surface area contributed by atoms with Gasteiger partial charge in [-0.25, -0.2) is 0 Å². The van der Waals surface area contributed by atoms with Crippen molar-refractivity contribution < 1.29 is 4.79 Å². The van der Waals surface area contributed by atoms with Crippen LogP contribution in [-0.2, 0) is 4.79 Å². The van der Waals surface area contributed by atoms with Gasteiger partial charge in [-0.3, -0.25) is 0 Å². The monoisotopic (exact) mass is 359 g/mol. The first-order valence-corrected chi connectivity index (χ1v) is 9.52. The molecule has 0 spiro atoms. The molecule has 2 heteroatoms. The Morgan fingerprint density at radius 1 is 0.679 bits per heavy atom. The Bertz CT molecular complexity index is 1480. The second-order valence-corrected chi connectivity index (χ2v) is 7.40. The highest BCUT2D eigenvalue weighted by Crippen LogP contribution is 2.39. The topological polar surface area (TPSA) is 20.3 Å². The van der Waals surface area contributed by atoms with E-state index >= 15 is 0 Å². The summed E-state index contributed by atoms with van der Waals surface area (Å²) in [5, 5.41) is 9.71. The van der Waals surface area contributed by atoms with Crippen LogP contribution in [0.5, 0.6) is 0 Å². The molecule has 1 aliphatic rings. The van der Waals surface area contributed by atoms with Crippen molar-refractivity contribution >= 4 is 56.6 Å². The number of anilines is 1. The van der Waals surface area contributed by atoms with E-state index < -0.39 is 0 Å². The van der Waals surface area contributed by atoms with Gasteiger partial charge < -0.3 is 9.69 Å². The Hall–Kier alpha value is -3.65. The molecule has 5 aromatic carbocycles. The number of benzene rings is 5. The highest BCUT2D eigenvalue weighted by atomic mass is 16.1. The highest BCUT2D eigenvalue weighted by Gasteiger charge is 2.20. The number of aldehydes is 1. The van der Waals surface area contributed by atoms with Crippen LogP contribution in [0.2, 0.25) is 0 Å². The fraction of sp³-hybridized carbons (Fsp3) is 0.0385. The lowest BCUT2D eigenvalue weighted by Gasteiger charge is -2.29. The van der Waals surface area contributed by atoms with Gasteiger partial charge in [0.15, 0.2) is 0 Å². The molecule has 28 heavy (non-hydrogen) atoms. The molecular weight excluding hydrogens is 342 g/mol. The molecule has 6 rings (SSSR count). The summed E-state index contributed by atoms with van der Waals surface area (Å²) in [4.78, 5) is 14.0. The van der Waals surface area contributed by atoms with Crippen molar-refractivity contribution in [3.8, 4) is 0 Å². The molecule has 1 heterocycles. The maximum absolute atomic E-state index is 11.9. The summed E-state index contributed by atoms with van der Waals surface area (Å²) in [6.07, 6.45) is 5.16. The lowest BCUT2D eigenvalue weighted by atomic mass is 9.93. The van der Waals surface area contributed by atoms with Gasteiger partial charge in [0.25, 0.3) is 0 Å². The maximum Gasteiger partial charge on any atom is 0.146 e. The van der Waals surface area contributed by atoms with E-state index in [0.29, 0.717) is 0 Å². The minimum atomic E-state index is -0.312. The van der Waals surface area contributed by atoms with E-state index in [4.69, 9.17) is 0 Å². The predicted molar refractivity (Wildman–Crippen MR) is 117 cm³/mol. The SMILES string of the molecule is O=CC1C=c2ccccc2=CN1c1ccc2ccc3cccc4ccc1c2c34. The molecule has 0 saturated heterocycles. The zero-order chi connectivity index (χ0) is 18.7. The van der Waals surface area contributed by atoms with Gasteiger partial charge in [-0.1, -0.05) is 72.8 Å². The third kappa shape index (κ3) is 2.06. The van der Waals surface area contributed by atoms with Crippen molar-refractivity contribution in [2.75, 3.05) is 4.90 Å². The number of hydrogen-bond donors (Lipinski definition) is 0. The van der Waals surface area contributed by atoms with Crippen LogP contribution in [-0.4, -0.2) is 12.3 Å². The van der Waals surface area contributed by atoms with Crippen molar-refractivity contribution in [3.05, 3.63) is 89.3 Å². The van der Waals surface area contributed by atoms with E-state index in [-0.39, 0.29) is 6.04 Å². The molecule has 2 nitrogen and oxygen atoms in total. The standard InChI is InChI=1S/C26H17NO/c28-16-22-14-20-4-1-2-5-21(20)15-27(22)24-13-11-19-9-8-17-6-3-7-18-10-12-23(24)26(19)25(17)18/h1-16,22H. The molecule has 0 saturated carbocycles. The molecule has 5 aromatic rings. The van der Waals surface area contributed by atoms with Crippen LogP contribution in [0.3, 0.4) is 0 Å². The summed E-state index contributed by atoms with van der Waals surface area (Å²) in [5.41, 5.74) is 1.06. The van der Waals surface area contributed by atoms with Crippen LogP contribution in [0.25, 0.3) is 44.6 Å². The first-order valence-electron chi connectivity index (χ1n) is 9.52. The van der Waals surface area contributed by atoms with Gasteiger partial charge in [-0.15, -0.1) is 0 Å². The number of carbonyl (C=O) groups excluding carboxylic acids is 1. The van der Waals surface area contributed by atoms with Crippen LogP contribution in [0, 0.1) is 0 Å². The van der Waals surface area contributed by atoms with Crippen molar-refractivity contribution in [2.24, 2.45) is 0 Å². The minimum Gasteiger partial charge on any atom is -0.333 e. The Kier molecular flexibility index (Phi) is 3.12. The molecule has 1 unspecified atom stereocenters. The van der Waals surface area contributed by atoms with Crippen molar-refractivity contribution in [1.29, 1.82) is 0 Å². The van der Waals surface area contributed by atoms with Crippen LogP contribution in [0.15, 0.2) is 78.9 Å². The quantitative estimate of drug-likeness (QED) is 0.348. The fourth-order valence-electron chi connectivity index (χ4n) is 4.56. The van der Waals surface area contributed by atoms with Gasteiger partial charge in [0.2, 0.25) is 0 Å². The largest absolute Gasteiger partial charge is 0.333 e. The molecule has 0 amide bonds. The number of hydrogen-bond acceptors (Lipinski definition) is 2. The van der Waals surface area contributed by atoms with Gasteiger partial charge in [0.05, 0.1) is 0 Å². The van der Waals surface area contributed by atoms with Gasteiger partial charge in [-0.2, -0.15) is 0 Å². The van der Waals surface area contributed by atoms with Crippen LogP contribution < -0.4 is 15.3 Å². The number of fused-ring (bicyclic) bond motifs is 1. The number of carbonyl (C=O) groups is 1. The molecule has 132 valence electrons. The molecule has 0 aromatic heterocycles. The first kappa shape index (κ1) is 15.4. The molecule has 0 bridgehead atoms. The van der Waals surface area contributed by atoms with Crippen LogP contribution in [0.1, 0.15) is 0 Å². The predicted octanol–water partition coefficient (Wildman–Crippen LogP) is 4.19. The first-order chi connectivity index (χ1) is 13.8. The molecule has 0 aliphatic carbocycles. The summed E-state index contributed by atoms with van der Waals surface area (Å²) in [5.74, 6) is 0. The van der Waals surface area contributed by atoms with Gasteiger partial charge in [-0.05, 0) is 49.5 Å². The van der Waals surface area contributed by atoms with E-state index in [9.17, 15) is 4.79 Å². The Morgan fingerprint density at radius 3 is 2.14 bits per heavy atom. The fourth-order valence-corrected chi connectivity index (χ4v) is 4.56. The van der Waals surface area contributed by atoms with E-state index in [0.717, 1.165) is 22.4 Å². The van der Waals surface area contributed by atoms with Crippen LogP contribution >= 0.6 is 0 Å². The number of nitrogens with zero attached hydrogens (tertiary/aromatic N) is 1. The molecule has 1 atom stereocenters. The number of rotatable bonds is 2. The van der Waals surface area contributed by atoms with E-state index in [1.165, 1.54) is 32.3 Å². The smallest absolute Gasteiger partial charge is 0.146 e. The second-order valence-electron chi connectivity index (χ2n) is 7.40. The van der Waals surface area contributed by atoms with E-state index in [1.54, 1.807) is 0 Å². The summed E-state index contributed by atoms with van der Waals surface area (Å²) in [6.45, 7) is 0. The Labute approximate surface area is 162 Å². The summed E-state index contributed by atoms with van der Waals surface area (Å²) < 4.78 is 0. The lowest BCUT2D eigenvalue weighted by molar-refractivity contribution is -0.107. The molecule has 1 aliphatic heterocycles. The maximum atomic E-state index is 11.9. The van der Waals surface area contributed by atoms with Crippen molar-refractivity contribution in [2.45, 2.75) is 6.04 Å². The summed E-state index contributed by atoms with van der Waals surface area (Å²) >= 11 is 0. The highest BCUT2D eigenvalue weighted by molar-refractivity contribution is 6.25. The van der Waals surface area contributed by atoms with Gasteiger partial charge >= 0.3 is 0 Å². The zero-order valence-electron chi connectivity index (χ0n) is 15.2. The minimum absolute atomic E-state index is 0.312. The third-order valence-electron chi connectivity index (χ3n) is 5.87. The average molecular weight is 359 g/mol. The summed E-state index contributed by atoms with van der Waals surface area (Å²) in [7, 11) is 0. The molecule has 0 radical (unpaired) electrons. The summed E-state index contributed by atoms with van der Waals surface area (Å²) in [6, 6.07) is 27.4. The van der Waals surface area contributed by atoms with Crippen molar-refractivity contribution in [1.82, 2.24) is 0 Å². The Morgan fingerprint density at radius 2 is 1.36 bits per heavy atom. The third-order valence-corrected chi connectivity index (χ3v) is 5.87. The Balaban J connectivity index is 1.71. The zero-order valence-corrected chi connectivity index (χ0v) is 15.2. The van der Waals surface area contributed by atoms with Crippen LogP contribution in [0.4, 0.5) is 5.69 Å². The van der Waals surface area contributed by atoms with Gasteiger partial charge in [0.1, 0.15) is 12.3 Å². The van der Waals surface area contributed by atoms with Gasteiger partial charge in [0, 0.05) is 17.3 Å². The molecule has 0 fully saturated rings. The second kappa shape index (κ2) is 5.67. The van der Waals surface area contributed by atoms with E-state index in [2.05, 4.69) is 77.8 Å². The molecule has 0 N–H and O–H groups in total. The molecular formula is C26H17NO. The van der Waals surface area contributed by atoms with Crippen molar-refractivity contribution in [3.63, 3.8) is 0 Å². The van der Waals surface area contributed by atoms with E-state index in [1.807, 2.05) is 18.2 Å². The average Bonchev–Trinajstić information content (AvgIpc) is 2.76. The normalized spacial score (nSPS) is 16.1. The lowest BCUT2D eigenvalue weighted by Crippen LogP contribution is -2.42.